The Morgan fingerprint density at radius 3 is 2.79 bits per heavy atom. The summed E-state index contributed by atoms with van der Waals surface area (Å²) in [5.41, 5.74) is 1.84. The second-order valence-corrected chi connectivity index (χ2v) is 6.70. The third kappa shape index (κ3) is 2.86. The van der Waals surface area contributed by atoms with Crippen molar-refractivity contribution in [2.24, 2.45) is 18.9 Å². The molecule has 3 rings (SSSR count). The van der Waals surface area contributed by atoms with Crippen LogP contribution in [0.5, 0.6) is 0 Å². The van der Waals surface area contributed by atoms with E-state index in [2.05, 4.69) is 18.1 Å². The second-order valence-electron chi connectivity index (χ2n) is 6.70. The second kappa shape index (κ2) is 4.93. The third-order valence-corrected chi connectivity index (χ3v) is 5.05. The van der Waals surface area contributed by atoms with Gasteiger partial charge in [-0.1, -0.05) is 13.3 Å². The van der Waals surface area contributed by atoms with Crippen LogP contribution in [0.2, 0.25) is 0 Å². The normalized spacial score (nSPS) is 31.6. The maximum atomic E-state index is 10.9. The molecule has 1 heterocycles. The Morgan fingerprint density at radius 2 is 2.16 bits per heavy atom. The van der Waals surface area contributed by atoms with Gasteiger partial charge in [0.25, 0.3) is 0 Å². The van der Waals surface area contributed by atoms with Crippen molar-refractivity contribution in [1.29, 1.82) is 0 Å². The van der Waals surface area contributed by atoms with Crippen molar-refractivity contribution in [1.82, 2.24) is 9.78 Å². The summed E-state index contributed by atoms with van der Waals surface area (Å²) in [6.07, 6.45) is 9.03. The molecule has 0 bridgehead atoms. The summed E-state index contributed by atoms with van der Waals surface area (Å²) in [5, 5.41) is 15.4. The first kappa shape index (κ1) is 13.2. The molecular formula is C16H26N2O. The third-order valence-electron chi connectivity index (χ3n) is 5.05. The number of aliphatic hydroxyl groups is 1. The van der Waals surface area contributed by atoms with Gasteiger partial charge in [-0.2, -0.15) is 5.10 Å². The van der Waals surface area contributed by atoms with Crippen LogP contribution in [0.1, 0.15) is 56.8 Å². The largest absolute Gasteiger partial charge is 0.389 e. The van der Waals surface area contributed by atoms with Crippen LogP contribution in [0.3, 0.4) is 0 Å². The quantitative estimate of drug-likeness (QED) is 0.906. The molecular weight excluding hydrogens is 236 g/mol. The minimum atomic E-state index is -0.482. The van der Waals surface area contributed by atoms with E-state index in [1.54, 1.807) is 0 Å². The van der Waals surface area contributed by atoms with E-state index in [0.29, 0.717) is 0 Å². The monoisotopic (exact) mass is 262 g/mol. The molecule has 106 valence electrons. The van der Waals surface area contributed by atoms with Gasteiger partial charge in [0, 0.05) is 19.2 Å². The maximum Gasteiger partial charge on any atom is 0.0705 e. The van der Waals surface area contributed by atoms with Crippen molar-refractivity contribution in [2.75, 3.05) is 0 Å². The average Bonchev–Trinajstić information content (AvgIpc) is 3.16. The average molecular weight is 262 g/mol. The van der Waals surface area contributed by atoms with Crippen LogP contribution >= 0.6 is 0 Å². The van der Waals surface area contributed by atoms with Crippen molar-refractivity contribution in [3.8, 4) is 0 Å². The SMILES string of the molecule is CCc1cc(CC2(O)CCCC(C3CC3)C2)n(C)n1. The molecule has 0 spiro atoms. The zero-order valence-corrected chi connectivity index (χ0v) is 12.2. The van der Waals surface area contributed by atoms with Gasteiger partial charge in [0.2, 0.25) is 0 Å². The Morgan fingerprint density at radius 1 is 1.37 bits per heavy atom. The topological polar surface area (TPSA) is 38.0 Å². The highest BCUT2D eigenvalue weighted by atomic mass is 16.3. The van der Waals surface area contributed by atoms with Gasteiger partial charge in [0.15, 0.2) is 0 Å². The Hall–Kier alpha value is -0.830. The van der Waals surface area contributed by atoms with Gasteiger partial charge in [-0.05, 0) is 56.4 Å². The summed E-state index contributed by atoms with van der Waals surface area (Å²) in [6.45, 7) is 2.13. The van der Waals surface area contributed by atoms with Crippen LogP contribution in [0.4, 0.5) is 0 Å². The fourth-order valence-electron chi connectivity index (χ4n) is 3.76. The molecule has 3 heteroatoms. The molecule has 2 aliphatic carbocycles. The van der Waals surface area contributed by atoms with Gasteiger partial charge in [-0.3, -0.25) is 4.68 Å². The van der Waals surface area contributed by atoms with Gasteiger partial charge in [0.05, 0.1) is 11.3 Å². The van der Waals surface area contributed by atoms with Crippen LogP contribution in [0.15, 0.2) is 6.07 Å². The van der Waals surface area contributed by atoms with Crippen LogP contribution in [0.25, 0.3) is 0 Å². The van der Waals surface area contributed by atoms with Crippen molar-refractivity contribution in [3.63, 3.8) is 0 Å². The summed E-state index contributed by atoms with van der Waals surface area (Å²) in [7, 11) is 2.00. The minimum absolute atomic E-state index is 0.482. The van der Waals surface area contributed by atoms with Crippen molar-refractivity contribution >= 4 is 0 Å². The highest BCUT2D eigenvalue weighted by Gasteiger charge is 2.41. The molecule has 0 aromatic carbocycles. The van der Waals surface area contributed by atoms with E-state index < -0.39 is 5.60 Å². The molecule has 0 radical (unpaired) electrons. The van der Waals surface area contributed by atoms with Crippen LogP contribution in [-0.4, -0.2) is 20.5 Å². The van der Waals surface area contributed by atoms with Crippen LogP contribution < -0.4 is 0 Å². The van der Waals surface area contributed by atoms with Crippen molar-refractivity contribution in [2.45, 2.75) is 63.9 Å². The summed E-state index contributed by atoms with van der Waals surface area (Å²) in [6, 6.07) is 2.17. The van der Waals surface area contributed by atoms with Crippen LogP contribution in [0, 0.1) is 11.8 Å². The molecule has 19 heavy (non-hydrogen) atoms. The Kier molecular flexibility index (Phi) is 3.42. The molecule has 3 nitrogen and oxygen atoms in total. The van der Waals surface area contributed by atoms with Gasteiger partial charge in [-0.25, -0.2) is 0 Å². The Balaban J connectivity index is 1.70. The van der Waals surface area contributed by atoms with Gasteiger partial charge in [-0.15, -0.1) is 0 Å². The smallest absolute Gasteiger partial charge is 0.0705 e. The first-order chi connectivity index (χ1) is 9.09. The molecule has 2 unspecified atom stereocenters. The molecule has 0 saturated heterocycles. The Bertz CT molecular complexity index is 450. The zero-order chi connectivity index (χ0) is 13.5. The number of rotatable bonds is 4. The van der Waals surface area contributed by atoms with E-state index in [-0.39, 0.29) is 0 Å². The summed E-state index contributed by atoms with van der Waals surface area (Å²) in [5.74, 6) is 1.70. The lowest BCUT2D eigenvalue weighted by Gasteiger charge is -2.37. The van der Waals surface area contributed by atoms with E-state index in [4.69, 9.17) is 0 Å². The fraction of sp³-hybridized carbons (Fsp3) is 0.812. The molecule has 2 saturated carbocycles. The summed E-state index contributed by atoms with van der Waals surface area (Å²) in [4.78, 5) is 0. The summed E-state index contributed by atoms with van der Waals surface area (Å²) < 4.78 is 1.96. The fourth-order valence-corrected chi connectivity index (χ4v) is 3.76. The van der Waals surface area contributed by atoms with E-state index in [0.717, 1.165) is 43.2 Å². The first-order valence-electron chi connectivity index (χ1n) is 7.84. The van der Waals surface area contributed by atoms with Gasteiger partial charge < -0.3 is 5.11 Å². The Labute approximate surface area is 116 Å². The molecule has 2 fully saturated rings. The molecule has 1 aromatic rings. The number of hydrogen-bond acceptors (Lipinski definition) is 2. The van der Waals surface area contributed by atoms with Crippen molar-refractivity contribution < 1.29 is 5.11 Å². The lowest BCUT2D eigenvalue weighted by Crippen LogP contribution is -2.38. The molecule has 2 aliphatic rings. The van der Waals surface area contributed by atoms with Gasteiger partial charge in [0.1, 0.15) is 0 Å². The predicted molar refractivity (Wildman–Crippen MR) is 75.9 cm³/mol. The molecule has 0 amide bonds. The number of nitrogens with zero attached hydrogens (tertiary/aromatic N) is 2. The first-order valence-corrected chi connectivity index (χ1v) is 7.84. The molecule has 1 aromatic heterocycles. The highest BCUT2D eigenvalue weighted by molar-refractivity contribution is 5.13. The summed E-state index contributed by atoms with van der Waals surface area (Å²) >= 11 is 0. The standard InChI is InChI=1S/C16H26N2O/c1-3-14-9-15(18(2)17-14)11-16(19)8-4-5-13(10-16)12-6-7-12/h9,12-13,19H,3-8,10-11H2,1-2H3. The maximum absolute atomic E-state index is 10.9. The molecule has 2 atom stereocenters. The van der Waals surface area contributed by atoms with E-state index in [1.807, 2.05) is 11.7 Å². The lowest BCUT2D eigenvalue weighted by molar-refractivity contribution is -0.0209. The predicted octanol–water partition coefficient (Wildman–Crippen LogP) is 2.86. The van der Waals surface area contributed by atoms with E-state index in [1.165, 1.54) is 31.4 Å². The highest BCUT2D eigenvalue weighted by Crippen LogP contribution is 2.47. The molecule has 1 N–H and O–H groups in total. The zero-order valence-electron chi connectivity index (χ0n) is 12.2. The van der Waals surface area contributed by atoms with E-state index in [9.17, 15) is 5.11 Å². The van der Waals surface area contributed by atoms with Crippen LogP contribution in [-0.2, 0) is 19.9 Å². The minimum Gasteiger partial charge on any atom is -0.389 e. The lowest BCUT2D eigenvalue weighted by atomic mass is 9.74. The number of aromatic nitrogens is 2. The van der Waals surface area contributed by atoms with Crippen molar-refractivity contribution in [3.05, 3.63) is 17.5 Å². The number of hydrogen-bond donors (Lipinski definition) is 1. The number of aryl methyl sites for hydroxylation is 2. The molecule has 0 aliphatic heterocycles. The van der Waals surface area contributed by atoms with Gasteiger partial charge >= 0.3 is 0 Å². The van der Waals surface area contributed by atoms with E-state index >= 15 is 0 Å².